The summed E-state index contributed by atoms with van der Waals surface area (Å²) in [5.41, 5.74) is 1.31. The predicted molar refractivity (Wildman–Crippen MR) is 128 cm³/mol. The summed E-state index contributed by atoms with van der Waals surface area (Å²) >= 11 is 0. The van der Waals surface area contributed by atoms with Crippen molar-refractivity contribution in [3.05, 3.63) is 53.9 Å². The van der Waals surface area contributed by atoms with Crippen LogP contribution < -0.4 is 10.6 Å². The van der Waals surface area contributed by atoms with Gasteiger partial charge in [0, 0.05) is 17.6 Å². The first-order chi connectivity index (χ1) is 17.3. The topological polar surface area (TPSA) is 138 Å². The van der Waals surface area contributed by atoms with Gasteiger partial charge in [0.05, 0.1) is 6.42 Å². The molecule has 0 radical (unpaired) electrons. The van der Waals surface area contributed by atoms with Crippen molar-refractivity contribution >= 4 is 34.5 Å². The van der Waals surface area contributed by atoms with Crippen LogP contribution in [0.5, 0.6) is 0 Å². The predicted octanol–water partition coefficient (Wildman–Crippen LogP) is 1.18. The summed E-state index contributed by atoms with van der Waals surface area (Å²) < 4.78 is 4.71. The molecule has 188 valence electrons. The molecule has 3 amide bonds. The maximum absolute atomic E-state index is 13.7. The van der Waals surface area contributed by atoms with Gasteiger partial charge in [0.2, 0.25) is 18.1 Å². The second kappa shape index (κ2) is 9.69. The Morgan fingerprint density at radius 1 is 1.11 bits per heavy atom. The molecule has 10 nitrogen and oxygen atoms in total. The molecule has 10 heteroatoms. The molecule has 36 heavy (non-hydrogen) atoms. The van der Waals surface area contributed by atoms with E-state index in [4.69, 9.17) is 4.74 Å². The second-order valence-electron chi connectivity index (χ2n) is 9.59. The van der Waals surface area contributed by atoms with E-state index in [0.29, 0.717) is 31.1 Å². The van der Waals surface area contributed by atoms with Gasteiger partial charge in [-0.3, -0.25) is 24.2 Å². The Morgan fingerprint density at radius 2 is 1.92 bits per heavy atom. The summed E-state index contributed by atoms with van der Waals surface area (Å²) in [6.07, 6.45) is 3.98. The largest absolute Gasteiger partial charge is 0.434 e. The zero-order chi connectivity index (χ0) is 25.4. The van der Waals surface area contributed by atoms with Gasteiger partial charge in [-0.25, -0.2) is 0 Å². The number of rotatable bonds is 4. The number of hydrogen-bond donors (Lipinski definition) is 3. The Morgan fingerprint density at radius 3 is 2.69 bits per heavy atom. The minimum absolute atomic E-state index is 0.129. The van der Waals surface area contributed by atoms with Crippen LogP contribution in [0.3, 0.4) is 0 Å². The Balaban J connectivity index is 1.37. The molecule has 2 fully saturated rings. The molecule has 2 aromatic rings. The van der Waals surface area contributed by atoms with Crippen molar-refractivity contribution in [3.8, 4) is 0 Å². The Labute approximate surface area is 207 Å². The number of ether oxygens (including phenoxy) is 1. The fourth-order valence-corrected chi connectivity index (χ4v) is 5.32. The molecule has 1 aromatic heterocycles. The van der Waals surface area contributed by atoms with E-state index < -0.39 is 42.2 Å². The molecule has 0 spiro atoms. The average molecular weight is 493 g/mol. The number of benzene rings is 1. The maximum atomic E-state index is 13.7. The van der Waals surface area contributed by atoms with Gasteiger partial charge in [0.15, 0.2) is 0 Å². The average Bonchev–Trinajstić information content (AvgIpc) is 3.41. The highest BCUT2D eigenvalue weighted by atomic mass is 16.6. The molecule has 3 aliphatic heterocycles. The van der Waals surface area contributed by atoms with E-state index in [1.54, 1.807) is 11.1 Å². The maximum Gasteiger partial charge on any atom is 0.310 e. The van der Waals surface area contributed by atoms with E-state index in [2.05, 4.69) is 15.6 Å². The van der Waals surface area contributed by atoms with Crippen molar-refractivity contribution in [2.45, 2.75) is 69.5 Å². The number of hydrogen-bond acceptors (Lipinski definition) is 7. The highest BCUT2D eigenvalue weighted by Gasteiger charge is 2.45. The molecule has 0 saturated carbocycles. The number of cyclic esters (lactones) is 1. The fourth-order valence-electron chi connectivity index (χ4n) is 5.32. The number of aliphatic hydroxyl groups is 1. The van der Waals surface area contributed by atoms with Gasteiger partial charge < -0.3 is 25.4 Å². The van der Waals surface area contributed by atoms with Crippen molar-refractivity contribution in [1.29, 1.82) is 0 Å². The highest BCUT2D eigenvalue weighted by Crippen LogP contribution is 2.32. The van der Waals surface area contributed by atoms with Crippen LogP contribution in [0.1, 0.15) is 49.5 Å². The lowest BCUT2D eigenvalue weighted by Crippen LogP contribution is -2.57. The van der Waals surface area contributed by atoms with Crippen molar-refractivity contribution in [2.24, 2.45) is 0 Å². The molecule has 2 saturated heterocycles. The van der Waals surface area contributed by atoms with Gasteiger partial charge in [-0.15, -0.1) is 0 Å². The van der Waals surface area contributed by atoms with Crippen LogP contribution in [0.4, 0.5) is 0 Å². The third-order valence-corrected chi connectivity index (χ3v) is 7.12. The van der Waals surface area contributed by atoms with E-state index in [-0.39, 0.29) is 24.1 Å². The summed E-state index contributed by atoms with van der Waals surface area (Å²) in [4.78, 5) is 57.4. The Hall–Kier alpha value is -3.79. The molecule has 0 aliphatic carbocycles. The molecule has 1 aromatic carbocycles. The van der Waals surface area contributed by atoms with Gasteiger partial charge in [-0.1, -0.05) is 35.9 Å². The van der Waals surface area contributed by atoms with E-state index in [1.807, 2.05) is 43.3 Å². The normalized spacial score (nSPS) is 28.1. The van der Waals surface area contributed by atoms with Crippen LogP contribution in [0, 0.1) is 0 Å². The summed E-state index contributed by atoms with van der Waals surface area (Å²) in [6.45, 7) is 1.98. The molecule has 5 atom stereocenters. The van der Waals surface area contributed by atoms with Crippen molar-refractivity contribution in [2.75, 3.05) is 0 Å². The summed E-state index contributed by atoms with van der Waals surface area (Å²) in [5.74, 6) is -1.84. The molecular weight excluding hydrogens is 464 g/mol. The smallest absolute Gasteiger partial charge is 0.310 e. The summed E-state index contributed by atoms with van der Waals surface area (Å²) in [7, 11) is 0. The number of carbonyl (C=O) groups excluding carboxylic acids is 4. The number of aromatic nitrogens is 1. The Kier molecular flexibility index (Phi) is 6.44. The molecule has 3 aliphatic rings. The number of aliphatic hydroxyl groups excluding tert-OH is 1. The number of fused-ring (bicyclic) bond motifs is 2. The quantitative estimate of drug-likeness (QED) is 0.430. The third-order valence-electron chi connectivity index (χ3n) is 7.12. The molecule has 5 rings (SSSR count). The number of esters is 1. The van der Waals surface area contributed by atoms with Crippen LogP contribution >= 0.6 is 0 Å². The van der Waals surface area contributed by atoms with Crippen LogP contribution in [-0.2, 0) is 19.1 Å². The van der Waals surface area contributed by atoms with Gasteiger partial charge >= 0.3 is 5.97 Å². The Bertz CT molecular complexity index is 1250. The van der Waals surface area contributed by atoms with E-state index >= 15 is 0 Å². The van der Waals surface area contributed by atoms with Crippen LogP contribution in [0.2, 0.25) is 0 Å². The monoisotopic (exact) mass is 492 g/mol. The number of pyridine rings is 1. The first-order valence-electron chi connectivity index (χ1n) is 12.1. The first kappa shape index (κ1) is 23.9. The van der Waals surface area contributed by atoms with Gasteiger partial charge in [-0.2, -0.15) is 0 Å². The van der Waals surface area contributed by atoms with E-state index in [9.17, 15) is 24.3 Å². The number of carbonyl (C=O) groups is 4. The standard InChI is InChI=1S/C26H28N4O6/c1-14-6-8-18(28-24(33)22-17-5-3-2-4-15(17)10-11-27-22)25(34)30-16(12-14)7-9-20(30)23(32)29-19-13-21(31)36-26(19)35/h2-6,10-11,16,18-20,26,35H,7-9,12-13H2,1H3,(H,28,33)(H,29,32)/t16-,18-,19?,20-,26?/m0/s1. The minimum Gasteiger partial charge on any atom is -0.434 e. The summed E-state index contributed by atoms with van der Waals surface area (Å²) in [6, 6.07) is 6.53. The van der Waals surface area contributed by atoms with Crippen LogP contribution in [0.15, 0.2) is 48.2 Å². The lowest BCUT2D eigenvalue weighted by Gasteiger charge is -2.35. The van der Waals surface area contributed by atoms with Crippen molar-refractivity contribution in [3.63, 3.8) is 0 Å². The minimum atomic E-state index is -1.41. The van der Waals surface area contributed by atoms with Crippen molar-refractivity contribution < 1.29 is 29.0 Å². The highest BCUT2D eigenvalue weighted by molar-refractivity contribution is 6.06. The van der Waals surface area contributed by atoms with Gasteiger partial charge in [0.25, 0.3) is 5.91 Å². The summed E-state index contributed by atoms with van der Waals surface area (Å²) in [5, 5.41) is 16.9. The molecule has 4 heterocycles. The lowest BCUT2D eigenvalue weighted by atomic mass is 9.99. The van der Waals surface area contributed by atoms with Crippen LogP contribution in [-0.4, -0.2) is 69.1 Å². The van der Waals surface area contributed by atoms with Crippen molar-refractivity contribution in [1.82, 2.24) is 20.5 Å². The number of nitrogens with zero attached hydrogens (tertiary/aromatic N) is 2. The zero-order valence-electron chi connectivity index (χ0n) is 19.8. The molecule has 2 unspecified atom stereocenters. The number of amides is 3. The second-order valence-corrected chi connectivity index (χ2v) is 9.59. The van der Waals surface area contributed by atoms with Gasteiger partial charge in [0.1, 0.15) is 23.8 Å². The van der Waals surface area contributed by atoms with Crippen LogP contribution in [0.25, 0.3) is 10.8 Å². The molecular formula is C26H28N4O6. The third kappa shape index (κ3) is 4.56. The first-order valence-corrected chi connectivity index (χ1v) is 12.1. The fraction of sp³-hybridized carbons (Fsp3) is 0.423. The van der Waals surface area contributed by atoms with E-state index in [1.165, 1.54) is 0 Å². The van der Waals surface area contributed by atoms with E-state index in [0.717, 1.165) is 11.0 Å². The molecule has 0 bridgehead atoms. The van der Waals surface area contributed by atoms with Gasteiger partial charge in [-0.05, 0) is 44.1 Å². The molecule has 3 N–H and O–H groups in total. The zero-order valence-corrected chi connectivity index (χ0v) is 19.8. The lowest BCUT2D eigenvalue weighted by molar-refractivity contribution is -0.155. The SMILES string of the molecule is CC1=CC[C@H](NC(=O)c2nccc3ccccc23)C(=O)N2[C@@H](CC[C@H]2C(=O)NC2CC(=O)OC2O)C1. The number of nitrogens with one attached hydrogen (secondary N) is 2.